The Kier molecular flexibility index (Phi) is 5.63. The molecule has 0 saturated carbocycles. The van der Waals surface area contributed by atoms with Crippen LogP contribution in [-0.4, -0.2) is 28.4 Å². The second-order valence-corrected chi connectivity index (χ2v) is 9.06. The molecule has 2 aromatic carbocycles. The Labute approximate surface area is 195 Å². The number of fused-ring (bicyclic) bond motifs is 1. The number of nitrogens with one attached hydrogen (secondary N) is 1. The van der Waals surface area contributed by atoms with Crippen molar-refractivity contribution < 1.29 is 4.79 Å². The molecule has 1 aliphatic rings. The van der Waals surface area contributed by atoms with E-state index < -0.39 is 0 Å². The van der Waals surface area contributed by atoms with Crippen molar-refractivity contribution in [3.63, 3.8) is 0 Å². The predicted molar refractivity (Wildman–Crippen MR) is 135 cm³/mol. The Bertz CT molecular complexity index is 1310. The number of rotatable bonds is 5. The van der Waals surface area contributed by atoms with Gasteiger partial charge in [-0.1, -0.05) is 18.2 Å². The maximum absolute atomic E-state index is 13.1. The van der Waals surface area contributed by atoms with E-state index in [1.165, 1.54) is 29.7 Å². The summed E-state index contributed by atoms with van der Waals surface area (Å²) in [6, 6.07) is 18.6. The van der Waals surface area contributed by atoms with Crippen LogP contribution >= 0.6 is 0 Å². The zero-order chi connectivity index (χ0) is 22.9. The third-order valence-corrected chi connectivity index (χ3v) is 6.67. The van der Waals surface area contributed by atoms with Gasteiger partial charge in [-0.3, -0.25) is 4.79 Å². The molecule has 0 atom stereocenters. The lowest BCUT2D eigenvalue weighted by Gasteiger charge is -2.17. The average molecular weight is 439 g/mol. The van der Waals surface area contributed by atoms with Crippen LogP contribution < -0.4 is 10.2 Å². The average Bonchev–Trinajstić information content (AvgIpc) is 3.46. The number of carbonyl (C=O) groups excluding carboxylic acids is 1. The van der Waals surface area contributed by atoms with E-state index in [-0.39, 0.29) is 12.3 Å². The summed E-state index contributed by atoms with van der Waals surface area (Å²) >= 11 is 0. The molecule has 0 aliphatic carbocycles. The molecule has 0 radical (unpaired) electrons. The number of aryl methyl sites for hydroxylation is 3. The molecule has 0 bridgehead atoms. The topological polar surface area (TPSA) is 49.6 Å². The first kappa shape index (κ1) is 21.3. The van der Waals surface area contributed by atoms with Crippen molar-refractivity contribution in [1.82, 2.24) is 9.38 Å². The molecule has 5 nitrogen and oxygen atoms in total. The van der Waals surface area contributed by atoms with Gasteiger partial charge in [-0.2, -0.15) is 0 Å². The van der Waals surface area contributed by atoms with Crippen molar-refractivity contribution in [3.05, 3.63) is 83.2 Å². The molecule has 3 heterocycles. The number of hydrogen-bond acceptors (Lipinski definition) is 3. The number of aromatic nitrogens is 2. The molecule has 5 heteroatoms. The standard InChI is InChI=1S/C28H30N4O/c1-19-8-9-22(17-21(19)3)27-25(32-16-6-7-20(2)28(32)30-27)18-26(33)29-23-10-12-24(13-11-23)31-14-4-5-15-31/h6-13,16-17H,4-5,14-15,18H2,1-3H3,(H,29,33). The molecule has 1 amide bonds. The van der Waals surface area contributed by atoms with Crippen LogP contribution in [0, 0.1) is 20.8 Å². The number of benzene rings is 2. The van der Waals surface area contributed by atoms with Crippen molar-refractivity contribution in [1.29, 1.82) is 0 Å². The second-order valence-electron chi connectivity index (χ2n) is 9.06. The van der Waals surface area contributed by atoms with Crippen LogP contribution in [0.5, 0.6) is 0 Å². The van der Waals surface area contributed by atoms with Gasteiger partial charge in [0.25, 0.3) is 0 Å². The molecule has 0 unspecified atom stereocenters. The molecule has 4 aromatic rings. The fraction of sp³-hybridized carbons (Fsp3) is 0.286. The Balaban J connectivity index is 1.43. The van der Waals surface area contributed by atoms with Crippen LogP contribution in [-0.2, 0) is 11.2 Å². The molecule has 1 N–H and O–H groups in total. The van der Waals surface area contributed by atoms with Gasteiger partial charge in [0.05, 0.1) is 17.8 Å². The van der Waals surface area contributed by atoms with Crippen molar-refractivity contribution in [3.8, 4) is 11.3 Å². The quantitative estimate of drug-likeness (QED) is 0.434. The van der Waals surface area contributed by atoms with Gasteiger partial charge in [-0.05, 0) is 86.7 Å². The molecule has 1 aliphatic heterocycles. The molecule has 2 aromatic heterocycles. The van der Waals surface area contributed by atoms with Crippen LogP contribution in [0.4, 0.5) is 11.4 Å². The lowest BCUT2D eigenvalue weighted by Crippen LogP contribution is -2.18. The SMILES string of the molecule is Cc1ccc(-c2nc3c(C)cccn3c2CC(=O)Nc2ccc(N3CCCC3)cc2)cc1C. The minimum atomic E-state index is -0.0442. The van der Waals surface area contributed by atoms with E-state index in [9.17, 15) is 4.79 Å². The Hall–Kier alpha value is -3.60. The summed E-state index contributed by atoms with van der Waals surface area (Å²) in [5.74, 6) is -0.0442. The number of imidazole rings is 1. The third kappa shape index (κ3) is 4.23. The number of pyridine rings is 1. The maximum atomic E-state index is 13.1. The van der Waals surface area contributed by atoms with Crippen LogP contribution in [0.15, 0.2) is 60.8 Å². The van der Waals surface area contributed by atoms with E-state index in [1.807, 2.05) is 24.4 Å². The molecule has 1 saturated heterocycles. The van der Waals surface area contributed by atoms with E-state index in [4.69, 9.17) is 4.98 Å². The summed E-state index contributed by atoms with van der Waals surface area (Å²) in [7, 11) is 0. The van der Waals surface area contributed by atoms with E-state index in [2.05, 4.69) is 71.8 Å². The van der Waals surface area contributed by atoms with Gasteiger partial charge in [0.1, 0.15) is 5.65 Å². The first-order chi connectivity index (χ1) is 16.0. The number of nitrogens with zero attached hydrogens (tertiary/aromatic N) is 3. The van der Waals surface area contributed by atoms with Gasteiger partial charge >= 0.3 is 0 Å². The van der Waals surface area contributed by atoms with Crippen molar-refractivity contribution in [2.45, 2.75) is 40.0 Å². The number of hydrogen-bond donors (Lipinski definition) is 1. The summed E-state index contributed by atoms with van der Waals surface area (Å²) in [4.78, 5) is 20.4. The zero-order valence-corrected chi connectivity index (χ0v) is 19.6. The third-order valence-electron chi connectivity index (χ3n) is 6.67. The lowest BCUT2D eigenvalue weighted by molar-refractivity contribution is -0.115. The fourth-order valence-electron chi connectivity index (χ4n) is 4.63. The van der Waals surface area contributed by atoms with Crippen molar-refractivity contribution >= 4 is 22.9 Å². The number of anilines is 2. The maximum Gasteiger partial charge on any atom is 0.230 e. The predicted octanol–water partition coefficient (Wildman–Crippen LogP) is 5.71. The number of amides is 1. The van der Waals surface area contributed by atoms with E-state index in [1.54, 1.807) is 0 Å². The Morgan fingerprint density at radius 1 is 0.939 bits per heavy atom. The highest BCUT2D eigenvalue weighted by Gasteiger charge is 2.19. The summed E-state index contributed by atoms with van der Waals surface area (Å²) < 4.78 is 2.05. The summed E-state index contributed by atoms with van der Waals surface area (Å²) in [5.41, 5.74) is 9.30. The first-order valence-corrected chi connectivity index (χ1v) is 11.7. The zero-order valence-electron chi connectivity index (χ0n) is 19.6. The Morgan fingerprint density at radius 2 is 1.70 bits per heavy atom. The van der Waals surface area contributed by atoms with Crippen LogP contribution in [0.1, 0.15) is 35.2 Å². The molecule has 5 rings (SSSR count). The van der Waals surface area contributed by atoms with Crippen molar-refractivity contribution in [2.75, 3.05) is 23.3 Å². The Morgan fingerprint density at radius 3 is 2.42 bits per heavy atom. The summed E-state index contributed by atoms with van der Waals surface area (Å²) in [6.45, 7) is 8.49. The van der Waals surface area contributed by atoms with Gasteiger partial charge in [-0.25, -0.2) is 4.98 Å². The fourth-order valence-corrected chi connectivity index (χ4v) is 4.63. The monoisotopic (exact) mass is 438 g/mol. The molecular formula is C28H30N4O. The highest BCUT2D eigenvalue weighted by atomic mass is 16.1. The van der Waals surface area contributed by atoms with Crippen LogP contribution in [0.3, 0.4) is 0 Å². The van der Waals surface area contributed by atoms with Gasteiger partial charge in [0, 0.05) is 36.2 Å². The first-order valence-electron chi connectivity index (χ1n) is 11.7. The molecular weight excluding hydrogens is 408 g/mol. The molecule has 168 valence electrons. The summed E-state index contributed by atoms with van der Waals surface area (Å²) in [6.07, 6.45) is 4.74. The van der Waals surface area contributed by atoms with E-state index in [0.29, 0.717) is 0 Å². The largest absolute Gasteiger partial charge is 0.372 e. The van der Waals surface area contributed by atoms with Gasteiger partial charge < -0.3 is 14.6 Å². The minimum absolute atomic E-state index is 0.0442. The normalized spacial score (nSPS) is 13.6. The van der Waals surface area contributed by atoms with Gasteiger partial charge in [-0.15, -0.1) is 0 Å². The van der Waals surface area contributed by atoms with Gasteiger partial charge in [0.15, 0.2) is 0 Å². The molecule has 0 spiro atoms. The van der Waals surface area contributed by atoms with E-state index in [0.717, 1.165) is 46.9 Å². The lowest BCUT2D eigenvalue weighted by atomic mass is 10.0. The number of carbonyl (C=O) groups is 1. The highest BCUT2D eigenvalue weighted by molar-refractivity contribution is 5.93. The molecule has 33 heavy (non-hydrogen) atoms. The van der Waals surface area contributed by atoms with Crippen molar-refractivity contribution in [2.24, 2.45) is 0 Å². The minimum Gasteiger partial charge on any atom is -0.372 e. The smallest absolute Gasteiger partial charge is 0.230 e. The van der Waals surface area contributed by atoms with Crippen LogP contribution in [0.25, 0.3) is 16.9 Å². The van der Waals surface area contributed by atoms with Crippen LogP contribution in [0.2, 0.25) is 0 Å². The van der Waals surface area contributed by atoms with Gasteiger partial charge in [0.2, 0.25) is 5.91 Å². The van der Waals surface area contributed by atoms with E-state index >= 15 is 0 Å². The second kappa shape index (κ2) is 8.74. The molecule has 1 fully saturated rings. The summed E-state index contributed by atoms with van der Waals surface area (Å²) in [5, 5.41) is 3.08. The highest BCUT2D eigenvalue weighted by Crippen LogP contribution is 2.28.